The number of hydrogen-bond donors (Lipinski definition) is 1. The largest absolute Gasteiger partial charge is 0.496 e. The van der Waals surface area contributed by atoms with Crippen molar-refractivity contribution >= 4 is 23.5 Å². The van der Waals surface area contributed by atoms with E-state index < -0.39 is 17.7 Å². The molecule has 2 aromatic rings. The van der Waals surface area contributed by atoms with Gasteiger partial charge in [0.25, 0.3) is 0 Å². The van der Waals surface area contributed by atoms with E-state index in [0.717, 1.165) is 22.8 Å². The maximum absolute atomic E-state index is 15.1. The summed E-state index contributed by atoms with van der Waals surface area (Å²) in [6.07, 6.45) is 0.805. The molecular formula is C28H30FNO4S. The van der Waals surface area contributed by atoms with Crippen LogP contribution in [-0.4, -0.2) is 37.0 Å². The fourth-order valence-electron chi connectivity index (χ4n) is 4.97. The van der Waals surface area contributed by atoms with Crippen molar-refractivity contribution in [1.29, 1.82) is 0 Å². The Balaban J connectivity index is 1.74. The van der Waals surface area contributed by atoms with Crippen molar-refractivity contribution in [3.8, 4) is 5.75 Å². The number of halogens is 1. The van der Waals surface area contributed by atoms with Gasteiger partial charge in [-0.15, -0.1) is 0 Å². The molecule has 0 fully saturated rings. The average Bonchev–Trinajstić information content (AvgIpc) is 2.86. The van der Waals surface area contributed by atoms with Gasteiger partial charge in [-0.2, -0.15) is 11.8 Å². The number of benzene rings is 2. The van der Waals surface area contributed by atoms with Gasteiger partial charge in [-0.1, -0.05) is 43.3 Å². The molecule has 0 spiro atoms. The highest BCUT2D eigenvalue weighted by atomic mass is 32.2. The van der Waals surface area contributed by atoms with Gasteiger partial charge in [-0.05, 0) is 36.8 Å². The quantitative estimate of drug-likeness (QED) is 0.386. The second-order valence-corrected chi connectivity index (χ2v) is 10.0. The summed E-state index contributed by atoms with van der Waals surface area (Å²) in [4.78, 5) is 26.9. The predicted octanol–water partition coefficient (Wildman–Crippen LogP) is 5.49. The number of carbonyl (C=O) groups excluding carboxylic acids is 2. The number of allylic oxidation sites excluding steroid dienone is 3. The number of carbonyl (C=O) groups is 2. The van der Waals surface area contributed by atoms with Crippen LogP contribution in [0.2, 0.25) is 0 Å². The molecular weight excluding hydrogens is 465 g/mol. The number of dihydropyridines is 1. The van der Waals surface area contributed by atoms with E-state index in [1.54, 1.807) is 44.0 Å². The van der Waals surface area contributed by atoms with Crippen LogP contribution < -0.4 is 10.1 Å². The number of hydrogen-bond acceptors (Lipinski definition) is 6. The lowest BCUT2D eigenvalue weighted by atomic mass is 9.71. The van der Waals surface area contributed by atoms with Crippen molar-refractivity contribution in [2.45, 2.75) is 38.5 Å². The summed E-state index contributed by atoms with van der Waals surface area (Å²) in [5.41, 5.74) is 3.31. The molecule has 0 bridgehead atoms. The van der Waals surface area contributed by atoms with Crippen LogP contribution in [0, 0.1) is 5.82 Å². The summed E-state index contributed by atoms with van der Waals surface area (Å²) in [6.45, 7) is 4.08. The number of nitrogens with one attached hydrogen (secondary N) is 1. The van der Waals surface area contributed by atoms with Crippen molar-refractivity contribution in [3.63, 3.8) is 0 Å². The summed E-state index contributed by atoms with van der Waals surface area (Å²) in [6, 6.07) is 14.0. The zero-order valence-electron chi connectivity index (χ0n) is 20.2. The van der Waals surface area contributed by atoms with Crippen molar-refractivity contribution in [1.82, 2.24) is 5.32 Å². The van der Waals surface area contributed by atoms with Crippen LogP contribution in [0.4, 0.5) is 4.39 Å². The second kappa shape index (κ2) is 11.1. The van der Waals surface area contributed by atoms with Crippen LogP contribution in [0.15, 0.2) is 71.1 Å². The Labute approximate surface area is 209 Å². The molecule has 35 heavy (non-hydrogen) atoms. The molecule has 2 atom stereocenters. The Morgan fingerprint density at radius 1 is 1.11 bits per heavy atom. The molecule has 5 nitrogen and oxygen atoms in total. The molecule has 0 aromatic heterocycles. The summed E-state index contributed by atoms with van der Waals surface area (Å²) >= 11 is 1.67. The second-order valence-electron chi connectivity index (χ2n) is 8.61. The van der Waals surface area contributed by atoms with E-state index in [1.165, 1.54) is 6.07 Å². The minimum absolute atomic E-state index is 0.0847. The van der Waals surface area contributed by atoms with Crippen LogP contribution in [0.25, 0.3) is 0 Å². The lowest BCUT2D eigenvalue weighted by Crippen LogP contribution is -2.36. The van der Waals surface area contributed by atoms with Crippen LogP contribution in [0.5, 0.6) is 5.75 Å². The standard InChI is InChI=1S/C28H30FNO4S/c1-4-35-14-13-34-28(32)25-17(2)30-22-15-18(19-9-6-8-12-24(19)33-3)16-23(31)27(22)26(25)20-10-5-7-11-21(20)29/h5-12,18,26,30H,4,13-16H2,1-3H3/t18-,26+/m0/s1. The molecule has 0 saturated heterocycles. The summed E-state index contributed by atoms with van der Waals surface area (Å²) in [7, 11) is 1.62. The highest BCUT2D eigenvalue weighted by Gasteiger charge is 2.42. The first-order valence-corrected chi connectivity index (χ1v) is 13.0. The lowest BCUT2D eigenvalue weighted by Gasteiger charge is -2.37. The lowest BCUT2D eigenvalue weighted by molar-refractivity contribution is -0.138. The molecule has 1 heterocycles. The molecule has 1 aliphatic carbocycles. The molecule has 184 valence electrons. The number of ketones is 1. The van der Waals surface area contributed by atoms with E-state index in [4.69, 9.17) is 9.47 Å². The number of Topliss-reactive ketones (excluding diaryl/α,β-unsaturated/α-hetero) is 1. The summed E-state index contributed by atoms with van der Waals surface area (Å²) < 4.78 is 26.1. The number of methoxy groups -OCH3 is 1. The number of para-hydroxylation sites is 1. The minimum atomic E-state index is -0.815. The molecule has 2 aromatic carbocycles. The van der Waals surface area contributed by atoms with Crippen LogP contribution >= 0.6 is 11.8 Å². The van der Waals surface area contributed by atoms with Gasteiger partial charge < -0.3 is 14.8 Å². The Morgan fingerprint density at radius 3 is 2.54 bits per heavy atom. The third-order valence-corrected chi connectivity index (χ3v) is 7.37. The summed E-state index contributed by atoms with van der Waals surface area (Å²) in [5, 5.41) is 3.31. The molecule has 1 aliphatic heterocycles. The predicted molar refractivity (Wildman–Crippen MR) is 136 cm³/mol. The summed E-state index contributed by atoms with van der Waals surface area (Å²) in [5.74, 6) is 0.357. The van der Waals surface area contributed by atoms with Crippen LogP contribution in [0.3, 0.4) is 0 Å². The van der Waals surface area contributed by atoms with Gasteiger partial charge in [-0.3, -0.25) is 4.79 Å². The fraction of sp³-hybridized carbons (Fsp3) is 0.357. The highest BCUT2D eigenvalue weighted by molar-refractivity contribution is 7.99. The van der Waals surface area contributed by atoms with Gasteiger partial charge >= 0.3 is 5.97 Å². The zero-order valence-corrected chi connectivity index (χ0v) is 21.0. The van der Waals surface area contributed by atoms with Crippen molar-refractivity contribution in [2.75, 3.05) is 25.2 Å². The van der Waals surface area contributed by atoms with Gasteiger partial charge in [-0.25, -0.2) is 9.18 Å². The zero-order chi connectivity index (χ0) is 24.9. The maximum Gasteiger partial charge on any atom is 0.336 e. The van der Waals surface area contributed by atoms with Gasteiger partial charge in [0.2, 0.25) is 0 Å². The number of thioether (sulfide) groups is 1. The number of ether oxygens (including phenoxy) is 2. The Hall–Kier alpha value is -3.06. The van der Waals surface area contributed by atoms with Crippen LogP contribution in [0.1, 0.15) is 49.7 Å². The monoisotopic (exact) mass is 495 g/mol. The maximum atomic E-state index is 15.1. The van der Waals surface area contributed by atoms with E-state index in [2.05, 4.69) is 5.32 Å². The van der Waals surface area contributed by atoms with Gasteiger partial charge in [0.05, 0.1) is 18.6 Å². The van der Waals surface area contributed by atoms with Gasteiger partial charge in [0, 0.05) is 40.6 Å². The van der Waals surface area contributed by atoms with Crippen LogP contribution in [-0.2, 0) is 14.3 Å². The first kappa shape index (κ1) is 25.0. The minimum Gasteiger partial charge on any atom is -0.496 e. The molecule has 0 unspecified atom stereocenters. The smallest absolute Gasteiger partial charge is 0.336 e. The van der Waals surface area contributed by atoms with Crippen molar-refractivity contribution < 1.29 is 23.5 Å². The molecule has 0 radical (unpaired) electrons. The molecule has 4 rings (SSSR count). The van der Waals surface area contributed by atoms with Crippen molar-refractivity contribution in [2.24, 2.45) is 0 Å². The molecule has 1 N–H and O–H groups in total. The van der Waals surface area contributed by atoms with Gasteiger partial charge in [0.15, 0.2) is 5.78 Å². The van der Waals surface area contributed by atoms with Crippen molar-refractivity contribution in [3.05, 3.63) is 88.0 Å². The molecule has 7 heteroatoms. The van der Waals surface area contributed by atoms with E-state index in [0.29, 0.717) is 34.6 Å². The van der Waals surface area contributed by atoms with E-state index >= 15 is 4.39 Å². The topological polar surface area (TPSA) is 64.6 Å². The number of esters is 1. The molecule has 0 amide bonds. The first-order valence-electron chi connectivity index (χ1n) is 11.8. The average molecular weight is 496 g/mol. The van der Waals surface area contributed by atoms with E-state index in [9.17, 15) is 9.59 Å². The SMILES string of the molecule is CCSCCOC(=O)C1=C(C)NC2=C(C(=O)C[C@@H](c3ccccc3OC)C2)[C@@H]1c1ccccc1F. The third-order valence-electron chi connectivity index (χ3n) is 6.51. The van der Waals surface area contributed by atoms with E-state index in [-0.39, 0.29) is 24.7 Å². The number of rotatable bonds is 8. The third kappa shape index (κ3) is 5.15. The Bertz CT molecular complexity index is 1190. The molecule has 2 aliphatic rings. The first-order chi connectivity index (χ1) is 17.0. The normalized spacial score (nSPS) is 19.8. The molecule has 0 saturated carbocycles. The fourth-order valence-corrected chi connectivity index (χ4v) is 5.46. The highest BCUT2D eigenvalue weighted by Crippen LogP contribution is 2.47. The Morgan fingerprint density at radius 2 is 1.83 bits per heavy atom. The van der Waals surface area contributed by atoms with Gasteiger partial charge in [0.1, 0.15) is 18.2 Å². The van der Waals surface area contributed by atoms with E-state index in [1.807, 2.05) is 31.2 Å². The Kier molecular flexibility index (Phi) is 7.96.